The van der Waals surface area contributed by atoms with Crippen molar-refractivity contribution < 1.29 is 28.3 Å². The van der Waals surface area contributed by atoms with E-state index in [1.54, 1.807) is 0 Å². The molecule has 59 heavy (non-hydrogen) atoms. The largest absolute Gasteiger partial charge is 0.368 e. The van der Waals surface area contributed by atoms with Gasteiger partial charge in [-0.3, -0.25) is 23.7 Å². The molecule has 0 saturated heterocycles. The van der Waals surface area contributed by atoms with E-state index in [1.165, 1.54) is 0 Å². The van der Waals surface area contributed by atoms with E-state index in [0.29, 0.717) is 17.8 Å². The minimum atomic E-state index is -3.88. The quantitative estimate of drug-likeness (QED) is 0.0754. The first kappa shape index (κ1) is 42.1. The molecule has 4 aliphatic carbocycles. The Labute approximate surface area is 347 Å². The fourth-order valence-electron chi connectivity index (χ4n) is 10.3. The molecule has 4 atom stereocenters. The second-order valence-corrected chi connectivity index (χ2v) is 20.0. The first-order chi connectivity index (χ1) is 28.4. The maximum Gasteiger partial charge on any atom is 0.240 e. The molecule has 4 saturated carbocycles. The van der Waals surface area contributed by atoms with Crippen molar-refractivity contribution >= 4 is 31.0 Å². The van der Waals surface area contributed by atoms with Crippen LogP contribution >= 0.6 is 7.37 Å². The Kier molecular flexibility index (Phi) is 13.5. The van der Waals surface area contributed by atoms with Crippen molar-refractivity contribution in [3.05, 3.63) is 144 Å². The summed E-state index contributed by atoms with van der Waals surface area (Å²) in [6, 6.07) is 35.7. The Balaban J connectivity index is 1.23. The van der Waals surface area contributed by atoms with Crippen LogP contribution in [-0.4, -0.2) is 53.6 Å². The molecule has 0 spiro atoms. The third kappa shape index (κ3) is 11.4. The molecule has 0 aliphatic heterocycles. The van der Waals surface area contributed by atoms with Crippen LogP contribution in [0.4, 0.5) is 0 Å². The topological polar surface area (TPSA) is 171 Å². The number of hydrogen-bond acceptors (Lipinski definition) is 6. The van der Waals surface area contributed by atoms with Crippen LogP contribution in [0.1, 0.15) is 60.8 Å². The second-order valence-electron chi connectivity index (χ2n) is 17.5. The minimum Gasteiger partial charge on any atom is -0.368 e. The normalized spacial score (nSPS) is 23.6. The van der Waals surface area contributed by atoms with Crippen LogP contribution in [0.2, 0.25) is 0 Å². The highest BCUT2D eigenvalue weighted by Gasteiger charge is 2.55. The van der Waals surface area contributed by atoms with Crippen LogP contribution in [0.5, 0.6) is 0 Å². The Morgan fingerprint density at radius 3 is 1.15 bits per heavy atom. The molecule has 4 fully saturated rings. The molecule has 4 amide bonds. The molecule has 0 heterocycles. The molecule has 4 aliphatic rings. The third-order valence-electron chi connectivity index (χ3n) is 12.6. The number of hydrogen-bond donors (Lipinski definition) is 4. The van der Waals surface area contributed by atoms with E-state index in [-0.39, 0.29) is 38.0 Å². The predicted molar refractivity (Wildman–Crippen MR) is 229 cm³/mol. The van der Waals surface area contributed by atoms with Crippen LogP contribution in [0.15, 0.2) is 121 Å². The van der Waals surface area contributed by atoms with E-state index >= 15 is 4.57 Å². The van der Waals surface area contributed by atoms with Crippen molar-refractivity contribution in [1.82, 2.24) is 10.6 Å². The number of amides is 4. The van der Waals surface area contributed by atoms with Crippen LogP contribution in [0, 0.1) is 29.6 Å². The Morgan fingerprint density at radius 2 is 0.847 bits per heavy atom. The number of primary amides is 2. The standard InChI is InChI=1S/C48H57N4O6P/c49-44(53)42(26-35-17-9-3-10-18-35)51-46(55)40(24-33-13-5-1-6-14-33)31-59(57,58-48-28-37-21-38(29-48)23-39(22-37)30-48)32-41(25-34-15-7-2-8-16-34)47(56)52-43(45(50)54)27-36-19-11-4-12-20-36/h1-20,37-43H,21-32H2,(H2,49,53)(H2,50,54)(H,51,55)(H,52,56)/t37?,38?,39?,40?,41?,42-,43-,48?,59?/m0/s1. The van der Waals surface area contributed by atoms with Gasteiger partial charge in [0.15, 0.2) is 0 Å². The van der Waals surface area contributed by atoms with Crippen molar-refractivity contribution in [2.45, 2.75) is 81.9 Å². The van der Waals surface area contributed by atoms with Gasteiger partial charge < -0.3 is 26.6 Å². The Hall–Kier alpha value is -5.05. The minimum absolute atomic E-state index is 0.145. The maximum atomic E-state index is 16.2. The van der Waals surface area contributed by atoms with E-state index in [1.807, 2.05) is 121 Å². The van der Waals surface area contributed by atoms with E-state index in [0.717, 1.165) is 60.8 Å². The highest BCUT2D eigenvalue weighted by Crippen LogP contribution is 2.64. The lowest BCUT2D eigenvalue weighted by Gasteiger charge is -2.57. The van der Waals surface area contributed by atoms with Gasteiger partial charge in [0.25, 0.3) is 0 Å². The van der Waals surface area contributed by atoms with Crippen LogP contribution < -0.4 is 22.1 Å². The lowest BCUT2D eigenvalue weighted by Crippen LogP contribution is -2.52. The van der Waals surface area contributed by atoms with Gasteiger partial charge in [-0.15, -0.1) is 0 Å². The molecular formula is C48H57N4O6P. The summed E-state index contributed by atoms with van der Waals surface area (Å²) in [5.74, 6) is -2.55. The zero-order chi connectivity index (χ0) is 41.4. The van der Waals surface area contributed by atoms with Gasteiger partial charge in [0.1, 0.15) is 12.1 Å². The number of carbonyl (C=O) groups excluding carboxylic acids is 4. The number of nitrogens with two attached hydrogens (primary N) is 2. The SMILES string of the molecule is NC(=O)[C@H](Cc1ccccc1)NC(=O)C(Cc1ccccc1)CP(=O)(CC(Cc1ccccc1)C(=O)N[C@@H](Cc1ccccc1)C(N)=O)OC12CC3CC(CC(C3)C1)C2. The maximum absolute atomic E-state index is 16.2. The molecule has 310 valence electrons. The fraction of sp³-hybridized carbons (Fsp3) is 0.417. The van der Waals surface area contributed by atoms with Gasteiger partial charge >= 0.3 is 0 Å². The summed E-state index contributed by atoms with van der Waals surface area (Å²) in [4.78, 5) is 54.8. The first-order valence-electron chi connectivity index (χ1n) is 21.1. The third-order valence-corrected chi connectivity index (χ3v) is 15.3. The van der Waals surface area contributed by atoms with Gasteiger partial charge in [-0.25, -0.2) is 0 Å². The van der Waals surface area contributed by atoms with Crippen molar-refractivity contribution in [2.75, 3.05) is 12.3 Å². The molecule has 6 N–H and O–H groups in total. The average molecular weight is 817 g/mol. The molecule has 0 radical (unpaired) electrons. The van der Waals surface area contributed by atoms with Crippen LogP contribution in [0.3, 0.4) is 0 Å². The molecule has 8 rings (SSSR count). The van der Waals surface area contributed by atoms with Gasteiger partial charge in [0.05, 0.1) is 17.4 Å². The van der Waals surface area contributed by atoms with Gasteiger partial charge in [-0.2, -0.15) is 0 Å². The van der Waals surface area contributed by atoms with Crippen LogP contribution in [-0.2, 0) is 54.0 Å². The summed E-state index contributed by atoms with van der Waals surface area (Å²) < 4.78 is 23.3. The van der Waals surface area contributed by atoms with Crippen LogP contribution in [0.25, 0.3) is 0 Å². The summed E-state index contributed by atoms with van der Waals surface area (Å²) in [6.45, 7) is 0. The van der Waals surface area contributed by atoms with Crippen molar-refractivity contribution in [2.24, 2.45) is 41.1 Å². The van der Waals surface area contributed by atoms with Crippen molar-refractivity contribution in [3.8, 4) is 0 Å². The second kappa shape index (κ2) is 18.9. The summed E-state index contributed by atoms with van der Waals surface area (Å²) in [5, 5.41) is 5.85. The summed E-state index contributed by atoms with van der Waals surface area (Å²) in [6.07, 6.45) is 6.42. The average Bonchev–Trinajstić information content (AvgIpc) is 3.20. The zero-order valence-corrected chi connectivity index (χ0v) is 34.5. The fourth-order valence-corrected chi connectivity index (χ4v) is 13.5. The highest BCUT2D eigenvalue weighted by atomic mass is 31.2. The Morgan fingerprint density at radius 1 is 0.542 bits per heavy atom. The van der Waals surface area contributed by atoms with Gasteiger partial charge in [-0.05, 0) is 91.4 Å². The zero-order valence-electron chi connectivity index (χ0n) is 33.6. The van der Waals surface area contributed by atoms with Gasteiger partial charge in [-0.1, -0.05) is 121 Å². The smallest absolute Gasteiger partial charge is 0.240 e. The van der Waals surface area contributed by atoms with E-state index in [9.17, 15) is 19.2 Å². The van der Waals surface area contributed by atoms with Crippen molar-refractivity contribution in [1.29, 1.82) is 0 Å². The van der Waals surface area contributed by atoms with E-state index < -0.39 is 60.5 Å². The highest BCUT2D eigenvalue weighted by molar-refractivity contribution is 7.59. The monoisotopic (exact) mass is 816 g/mol. The molecular weight excluding hydrogens is 760 g/mol. The predicted octanol–water partition coefficient (Wildman–Crippen LogP) is 6.39. The number of nitrogens with one attached hydrogen (secondary N) is 2. The Bertz CT molecular complexity index is 1940. The molecule has 4 aromatic rings. The number of benzene rings is 4. The summed E-state index contributed by atoms with van der Waals surface area (Å²) in [5.41, 5.74) is 14.5. The molecule has 11 heteroatoms. The van der Waals surface area contributed by atoms with E-state index in [4.69, 9.17) is 16.0 Å². The van der Waals surface area contributed by atoms with E-state index in [2.05, 4.69) is 10.6 Å². The number of rotatable bonds is 20. The molecule has 10 nitrogen and oxygen atoms in total. The molecule has 4 aromatic carbocycles. The molecule has 4 bridgehead atoms. The lowest BCUT2D eigenvalue weighted by atomic mass is 9.54. The number of carbonyl (C=O) groups is 4. The lowest BCUT2D eigenvalue weighted by molar-refractivity contribution is -0.130. The van der Waals surface area contributed by atoms with Crippen molar-refractivity contribution in [3.63, 3.8) is 0 Å². The molecule has 0 aromatic heterocycles. The molecule has 2 unspecified atom stereocenters. The van der Waals surface area contributed by atoms with Gasteiger partial charge in [0.2, 0.25) is 31.0 Å². The van der Waals surface area contributed by atoms with Gasteiger partial charge in [0, 0.05) is 25.2 Å². The first-order valence-corrected chi connectivity index (χ1v) is 23.1. The summed E-state index contributed by atoms with van der Waals surface area (Å²) >= 11 is 0. The summed E-state index contributed by atoms with van der Waals surface area (Å²) in [7, 11) is -3.88.